The number of carbonyl (C=O) groups excluding carboxylic acids is 3. The third kappa shape index (κ3) is 52.1. The Morgan fingerprint density at radius 1 is 0.545 bits per heavy atom. The molecule has 0 heterocycles. The summed E-state index contributed by atoms with van der Waals surface area (Å²) in [4.78, 5) is 58.4. The summed E-state index contributed by atoms with van der Waals surface area (Å²) in [6.45, 7) is 3.73. The van der Waals surface area contributed by atoms with Gasteiger partial charge in [-0.05, 0) is 20.8 Å². The molecule has 3 N–H and O–H groups in total. The van der Waals surface area contributed by atoms with E-state index < -0.39 is 17.9 Å². The van der Waals surface area contributed by atoms with Crippen molar-refractivity contribution in [1.82, 2.24) is 0 Å². The molecule has 0 radical (unpaired) electrons. The van der Waals surface area contributed by atoms with Crippen LogP contribution in [0, 0.1) is 0 Å². The van der Waals surface area contributed by atoms with E-state index in [4.69, 9.17) is 15.3 Å². The minimum atomic E-state index is -1.06. The van der Waals surface area contributed by atoms with Crippen molar-refractivity contribution in [2.75, 3.05) is 0 Å². The van der Waals surface area contributed by atoms with Crippen LogP contribution >= 0.6 is 0 Å². The van der Waals surface area contributed by atoms with Gasteiger partial charge in [-0.3, -0.25) is 28.8 Å². The Kier molecular flexibility index (Phi) is 21.8. The molecule has 0 bridgehead atoms. The molecule has 0 aliphatic heterocycles. The van der Waals surface area contributed by atoms with E-state index in [0.717, 1.165) is 0 Å². The second-order valence-corrected chi connectivity index (χ2v) is 3.82. The Morgan fingerprint density at radius 3 is 0.682 bits per heavy atom. The van der Waals surface area contributed by atoms with Crippen LogP contribution in [0.3, 0.4) is 0 Å². The maximum Gasteiger partial charge on any atom is 0.310 e. The van der Waals surface area contributed by atoms with Crippen molar-refractivity contribution >= 4 is 35.3 Å². The molecule has 0 atom stereocenters. The Balaban J connectivity index is -0.000000108. The summed E-state index contributed by atoms with van der Waals surface area (Å²) < 4.78 is 0. The Morgan fingerprint density at radius 2 is 0.682 bits per heavy atom. The summed E-state index contributed by atoms with van der Waals surface area (Å²) in [6, 6.07) is 0. The van der Waals surface area contributed by atoms with Crippen molar-refractivity contribution in [3.8, 4) is 0 Å². The first-order chi connectivity index (χ1) is 9.38. The number of rotatable bonds is 6. The molecule has 0 aliphatic rings. The van der Waals surface area contributed by atoms with Crippen molar-refractivity contribution < 1.29 is 61.4 Å². The van der Waals surface area contributed by atoms with Gasteiger partial charge in [0.05, 0.1) is 0 Å². The predicted octanol–water partition coefficient (Wildman–Crippen LogP) is 0.148. The molecule has 0 aromatic carbocycles. The van der Waals surface area contributed by atoms with Gasteiger partial charge in [-0.2, -0.15) is 0 Å². The van der Waals surface area contributed by atoms with Gasteiger partial charge in [-0.25, -0.2) is 0 Å². The van der Waals surface area contributed by atoms with Crippen LogP contribution in [-0.4, -0.2) is 50.6 Å². The van der Waals surface area contributed by atoms with Gasteiger partial charge >= 0.3 is 17.9 Å². The average molecular weight is 358 g/mol. The molecule has 0 saturated carbocycles. The van der Waals surface area contributed by atoms with Gasteiger partial charge in [0.1, 0.15) is 36.6 Å². The normalized spacial score (nSPS) is 7.77. The summed E-state index contributed by atoms with van der Waals surface area (Å²) in [5, 5.41) is 23.6. The first kappa shape index (κ1) is 28.2. The Bertz CT molecular complexity index is 317. The zero-order valence-electron chi connectivity index (χ0n) is 12.3. The van der Waals surface area contributed by atoms with Gasteiger partial charge in [0.2, 0.25) is 0 Å². The van der Waals surface area contributed by atoms with Gasteiger partial charge in [-0.1, -0.05) is 0 Å². The van der Waals surface area contributed by atoms with Crippen molar-refractivity contribution in [2.45, 2.75) is 40.0 Å². The van der Waals surface area contributed by atoms with Gasteiger partial charge in [-0.15, -0.1) is 0 Å². The molecule has 0 rings (SSSR count). The number of carbonyl (C=O) groups is 6. The molecule has 126 valence electrons. The fourth-order valence-corrected chi connectivity index (χ4v) is 0.639. The second-order valence-electron chi connectivity index (χ2n) is 3.82. The van der Waals surface area contributed by atoms with Gasteiger partial charge in [0.15, 0.2) is 0 Å². The van der Waals surface area contributed by atoms with Crippen LogP contribution < -0.4 is 0 Å². The van der Waals surface area contributed by atoms with Crippen LogP contribution in [0.15, 0.2) is 0 Å². The zero-order valence-corrected chi connectivity index (χ0v) is 13.6. The minimum absolute atomic E-state index is 0. The van der Waals surface area contributed by atoms with E-state index >= 15 is 0 Å². The molecule has 0 aromatic heterocycles. The monoisotopic (exact) mass is 358 g/mol. The molecular formula is C12H18CrO9. The van der Waals surface area contributed by atoms with Crippen LogP contribution in [0.5, 0.6) is 0 Å². The summed E-state index contributed by atoms with van der Waals surface area (Å²) in [7, 11) is 0. The van der Waals surface area contributed by atoms with E-state index in [0.29, 0.717) is 0 Å². The largest absolute Gasteiger partial charge is 0.481 e. The van der Waals surface area contributed by atoms with E-state index in [9.17, 15) is 28.8 Å². The van der Waals surface area contributed by atoms with Gasteiger partial charge in [0, 0.05) is 17.4 Å². The van der Waals surface area contributed by atoms with Crippen molar-refractivity contribution in [2.24, 2.45) is 0 Å². The molecule has 0 amide bonds. The molecule has 22 heavy (non-hydrogen) atoms. The maximum atomic E-state index is 9.87. The van der Waals surface area contributed by atoms with E-state index in [2.05, 4.69) is 0 Å². The molecule has 0 aliphatic carbocycles. The predicted molar refractivity (Wildman–Crippen MR) is 68.8 cm³/mol. The van der Waals surface area contributed by atoms with Crippen LogP contribution in [0.2, 0.25) is 0 Å². The molecule has 0 saturated heterocycles. The number of carboxylic acid groups (broad SMARTS) is 3. The molecule has 0 spiro atoms. The Labute approximate surface area is 137 Å². The molecule has 0 fully saturated rings. The maximum absolute atomic E-state index is 9.87. The number of carboxylic acids is 3. The van der Waals surface area contributed by atoms with Crippen molar-refractivity contribution in [3.63, 3.8) is 0 Å². The third-order valence-corrected chi connectivity index (χ3v) is 1.20. The first-order valence-corrected chi connectivity index (χ1v) is 5.52. The molecular weight excluding hydrogens is 340 g/mol. The standard InChI is InChI=1S/3C4H6O3.Cr/c3*1-3(5)2-4(6)7;/h3*2H2,1H3,(H,6,7);. The smallest absolute Gasteiger partial charge is 0.310 e. The van der Waals surface area contributed by atoms with Crippen LogP contribution in [0.25, 0.3) is 0 Å². The van der Waals surface area contributed by atoms with E-state index in [1.165, 1.54) is 20.8 Å². The fourth-order valence-electron chi connectivity index (χ4n) is 0.639. The van der Waals surface area contributed by atoms with Crippen molar-refractivity contribution in [1.29, 1.82) is 0 Å². The number of aliphatic carboxylic acids is 3. The molecule has 0 unspecified atom stereocenters. The quantitative estimate of drug-likeness (QED) is 0.561. The van der Waals surface area contributed by atoms with Crippen molar-refractivity contribution in [3.05, 3.63) is 0 Å². The molecule has 10 heteroatoms. The fraction of sp³-hybridized carbons (Fsp3) is 0.500. The second kappa shape index (κ2) is 17.0. The average Bonchev–Trinajstić information content (AvgIpc) is 2.10. The number of hydrogen-bond acceptors (Lipinski definition) is 6. The van der Waals surface area contributed by atoms with Gasteiger partial charge in [0.25, 0.3) is 0 Å². The molecule has 9 nitrogen and oxygen atoms in total. The molecule has 0 aromatic rings. The summed E-state index contributed by atoms with van der Waals surface area (Å²) in [5.74, 6) is -4.12. The van der Waals surface area contributed by atoms with Crippen LogP contribution in [0.1, 0.15) is 40.0 Å². The summed E-state index contributed by atoms with van der Waals surface area (Å²) in [5.41, 5.74) is 0. The van der Waals surface area contributed by atoms with E-state index in [-0.39, 0.29) is 54.0 Å². The topological polar surface area (TPSA) is 163 Å². The Hall–Kier alpha value is -2.05. The van der Waals surface area contributed by atoms with Crippen LogP contribution in [0.4, 0.5) is 0 Å². The van der Waals surface area contributed by atoms with E-state index in [1.54, 1.807) is 0 Å². The minimum Gasteiger partial charge on any atom is -0.481 e. The van der Waals surface area contributed by atoms with Crippen LogP contribution in [-0.2, 0) is 46.1 Å². The third-order valence-electron chi connectivity index (χ3n) is 1.20. The van der Waals surface area contributed by atoms with E-state index in [1.807, 2.05) is 0 Å². The summed E-state index contributed by atoms with van der Waals surface area (Å²) in [6.07, 6.45) is -1.08. The zero-order chi connectivity index (χ0) is 17.6. The first-order valence-electron chi connectivity index (χ1n) is 5.52. The van der Waals surface area contributed by atoms with Gasteiger partial charge < -0.3 is 15.3 Å². The number of Topliss-reactive ketones (excluding diaryl/α,β-unsaturated/α-hetero) is 3. The summed E-state index contributed by atoms with van der Waals surface area (Å²) >= 11 is 0. The number of hydrogen-bond donors (Lipinski definition) is 3. The number of ketones is 3. The SMILES string of the molecule is CC(=O)CC(=O)O.CC(=O)CC(=O)O.CC(=O)CC(=O)O.[Cr].